The molecule has 3 aromatic heterocycles. The molecule has 0 saturated carbocycles. The van der Waals surface area contributed by atoms with Crippen molar-refractivity contribution in [2.45, 2.75) is 13.3 Å². The molecule has 5 aromatic rings. The Morgan fingerprint density at radius 1 is 1.03 bits per heavy atom. The molecule has 0 aliphatic carbocycles. The molecule has 8 nitrogen and oxygen atoms in total. The topological polar surface area (TPSA) is 95.8 Å². The predicted molar refractivity (Wildman–Crippen MR) is 145 cm³/mol. The van der Waals surface area contributed by atoms with Crippen LogP contribution in [0.15, 0.2) is 60.9 Å². The Bertz CT molecular complexity index is 1710. The van der Waals surface area contributed by atoms with Crippen LogP contribution in [0.25, 0.3) is 38.8 Å². The van der Waals surface area contributed by atoms with E-state index in [9.17, 15) is 5.26 Å². The van der Waals surface area contributed by atoms with E-state index in [-0.39, 0.29) is 0 Å². The fraction of sp³-hybridized carbons (Fsp3) is 0.241. The fourth-order valence-corrected chi connectivity index (χ4v) is 4.55. The van der Waals surface area contributed by atoms with Gasteiger partial charge in [-0.05, 0) is 68.9 Å². The van der Waals surface area contributed by atoms with Gasteiger partial charge in [0.25, 0.3) is 0 Å². The zero-order valence-electron chi connectivity index (χ0n) is 21.5. The number of nitrogens with one attached hydrogen (secondary N) is 1. The quantitative estimate of drug-likeness (QED) is 0.337. The normalized spacial score (nSPS) is 11.4. The molecule has 37 heavy (non-hydrogen) atoms. The minimum absolute atomic E-state index is 0.310. The summed E-state index contributed by atoms with van der Waals surface area (Å²) in [7, 11) is 5.96. The Hall–Kier alpha value is -4.48. The summed E-state index contributed by atoms with van der Waals surface area (Å²) < 4.78 is 9.51. The maximum atomic E-state index is 9.49. The van der Waals surface area contributed by atoms with Gasteiger partial charge in [0, 0.05) is 36.8 Å². The molecule has 186 valence electrons. The monoisotopic (exact) mass is 491 g/mol. The number of benzene rings is 2. The molecule has 2 aromatic carbocycles. The SMILES string of the molecule is Cc1ccc(C#N)cc1-n1c(=N)n(C)c2cnc3ccc(-c4ccc(OCCCN(C)C)nc4)cc3c21. The van der Waals surface area contributed by atoms with Crippen LogP contribution in [0.1, 0.15) is 17.5 Å². The van der Waals surface area contributed by atoms with Crippen LogP contribution in [0.5, 0.6) is 5.88 Å². The Morgan fingerprint density at radius 3 is 2.57 bits per heavy atom. The van der Waals surface area contributed by atoms with Gasteiger partial charge in [-0.15, -0.1) is 0 Å². The Morgan fingerprint density at radius 2 is 1.84 bits per heavy atom. The summed E-state index contributed by atoms with van der Waals surface area (Å²) in [6.07, 6.45) is 4.57. The van der Waals surface area contributed by atoms with Gasteiger partial charge in [0.15, 0.2) is 0 Å². The fourth-order valence-electron chi connectivity index (χ4n) is 4.55. The first kappa shape index (κ1) is 24.2. The van der Waals surface area contributed by atoms with Crippen LogP contribution in [0.4, 0.5) is 0 Å². The molecule has 8 heteroatoms. The summed E-state index contributed by atoms with van der Waals surface area (Å²) in [4.78, 5) is 11.3. The van der Waals surface area contributed by atoms with E-state index >= 15 is 0 Å². The van der Waals surface area contributed by atoms with E-state index in [4.69, 9.17) is 10.1 Å². The van der Waals surface area contributed by atoms with Crippen molar-refractivity contribution >= 4 is 21.9 Å². The van der Waals surface area contributed by atoms with E-state index < -0.39 is 0 Å². The highest BCUT2D eigenvalue weighted by atomic mass is 16.5. The molecule has 0 amide bonds. The third-order valence-electron chi connectivity index (χ3n) is 6.58. The van der Waals surface area contributed by atoms with Crippen LogP contribution in [0.2, 0.25) is 0 Å². The Balaban J connectivity index is 1.60. The molecule has 0 spiro atoms. The first-order valence-electron chi connectivity index (χ1n) is 12.2. The number of nitrogens with zero attached hydrogens (tertiary/aromatic N) is 6. The lowest BCUT2D eigenvalue weighted by Crippen LogP contribution is -2.21. The van der Waals surface area contributed by atoms with E-state index in [0.717, 1.165) is 57.3 Å². The summed E-state index contributed by atoms with van der Waals surface area (Å²) in [5, 5.41) is 19.3. The average Bonchev–Trinajstić information content (AvgIpc) is 3.17. The minimum atomic E-state index is 0.310. The number of aryl methyl sites for hydroxylation is 2. The number of rotatable bonds is 7. The van der Waals surface area contributed by atoms with Crippen LogP contribution < -0.4 is 10.4 Å². The molecule has 3 heterocycles. The highest BCUT2D eigenvalue weighted by molar-refractivity contribution is 6.04. The first-order valence-corrected chi connectivity index (χ1v) is 12.2. The lowest BCUT2D eigenvalue weighted by atomic mass is 10.0. The predicted octanol–water partition coefficient (Wildman–Crippen LogP) is 4.57. The van der Waals surface area contributed by atoms with Crippen molar-refractivity contribution in [3.63, 3.8) is 0 Å². The van der Waals surface area contributed by atoms with Gasteiger partial charge in [0.05, 0.1) is 46.7 Å². The van der Waals surface area contributed by atoms with Crippen molar-refractivity contribution in [1.29, 1.82) is 10.7 Å². The third kappa shape index (κ3) is 4.57. The van der Waals surface area contributed by atoms with Gasteiger partial charge in [0.1, 0.15) is 0 Å². The summed E-state index contributed by atoms with van der Waals surface area (Å²) in [5.74, 6) is 0.611. The molecule has 0 aliphatic rings. The highest BCUT2D eigenvalue weighted by Gasteiger charge is 2.17. The van der Waals surface area contributed by atoms with Gasteiger partial charge in [0.2, 0.25) is 11.5 Å². The van der Waals surface area contributed by atoms with Crippen LogP contribution >= 0.6 is 0 Å². The number of fused-ring (bicyclic) bond motifs is 3. The van der Waals surface area contributed by atoms with Crippen molar-refractivity contribution in [2.24, 2.45) is 7.05 Å². The molecule has 5 rings (SSSR count). The van der Waals surface area contributed by atoms with Crippen molar-refractivity contribution < 1.29 is 4.74 Å². The molecule has 0 saturated heterocycles. The maximum absolute atomic E-state index is 9.49. The zero-order chi connectivity index (χ0) is 26.1. The van der Waals surface area contributed by atoms with E-state index in [1.807, 2.05) is 79.8 Å². The lowest BCUT2D eigenvalue weighted by molar-refractivity contribution is 0.273. The van der Waals surface area contributed by atoms with E-state index in [1.165, 1.54) is 0 Å². The molecule has 0 bridgehead atoms. The van der Waals surface area contributed by atoms with Gasteiger partial charge < -0.3 is 14.2 Å². The standard InChI is InChI=1S/C29H29N7O/c1-19-6-7-20(16-30)14-25(19)36-28-23-15-21(8-10-24(23)32-18-26(28)35(4)29(36)31)22-9-11-27(33-17-22)37-13-5-12-34(2)3/h6-11,14-15,17-18,31H,5,12-13H2,1-4H3. The van der Waals surface area contributed by atoms with Gasteiger partial charge in [-0.3, -0.25) is 15.0 Å². The lowest BCUT2D eigenvalue weighted by Gasteiger charge is -2.12. The summed E-state index contributed by atoms with van der Waals surface area (Å²) in [5.41, 5.74) is 7.18. The second-order valence-corrected chi connectivity index (χ2v) is 9.45. The molecular formula is C29H29N7O. The molecule has 0 fully saturated rings. The largest absolute Gasteiger partial charge is 0.478 e. The van der Waals surface area contributed by atoms with Crippen LogP contribution in [0, 0.1) is 23.7 Å². The Labute approximate surface area is 215 Å². The molecule has 0 radical (unpaired) electrons. The third-order valence-corrected chi connectivity index (χ3v) is 6.58. The molecular weight excluding hydrogens is 462 g/mol. The smallest absolute Gasteiger partial charge is 0.213 e. The zero-order valence-corrected chi connectivity index (χ0v) is 21.5. The first-order chi connectivity index (χ1) is 17.9. The Kier molecular flexibility index (Phi) is 6.47. The molecule has 1 N–H and O–H groups in total. The van der Waals surface area contributed by atoms with E-state index in [2.05, 4.69) is 27.0 Å². The van der Waals surface area contributed by atoms with E-state index in [1.54, 1.807) is 12.3 Å². The molecule has 0 unspecified atom stereocenters. The summed E-state index contributed by atoms with van der Waals surface area (Å²) in [6, 6.07) is 17.8. The molecule has 0 aliphatic heterocycles. The second kappa shape index (κ2) is 9.88. The number of pyridine rings is 2. The number of imidazole rings is 1. The number of aromatic nitrogens is 4. The molecule has 0 atom stereocenters. The maximum Gasteiger partial charge on any atom is 0.213 e. The van der Waals surface area contributed by atoms with Crippen molar-refractivity contribution in [3.05, 3.63) is 77.7 Å². The van der Waals surface area contributed by atoms with Crippen molar-refractivity contribution in [1.82, 2.24) is 24.0 Å². The summed E-state index contributed by atoms with van der Waals surface area (Å²) >= 11 is 0. The summed E-state index contributed by atoms with van der Waals surface area (Å²) in [6.45, 7) is 3.59. The average molecular weight is 492 g/mol. The number of ether oxygens (including phenoxy) is 1. The minimum Gasteiger partial charge on any atom is -0.478 e. The second-order valence-electron chi connectivity index (χ2n) is 9.45. The van der Waals surface area contributed by atoms with Crippen molar-refractivity contribution in [3.8, 4) is 28.8 Å². The number of hydrogen-bond donors (Lipinski definition) is 1. The van der Waals surface area contributed by atoms with Crippen LogP contribution in [-0.4, -0.2) is 51.2 Å². The van der Waals surface area contributed by atoms with Crippen LogP contribution in [0.3, 0.4) is 0 Å². The van der Waals surface area contributed by atoms with Crippen molar-refractivity contribution in [2.75, 3.05) is 27.2 Å². The number of hydrogen-bond acceptors (Lipinski definition) is 6. The van der Waals surface area contributed by atoms with Crippen LogP contribution in [-0.2, 0) is 7.05 Å². The van der Waals surface area contributed by atoms with E-state index in [0.29, 0.717) is 23.7 Å². The number of nitriles is 1. The van der Waals surface area contributed by atoms with Gasteiger partial charge in [-0.25, -0.2) is 4.98 Å². The van der Waals surface area contributed by atoms with Gasteiger partial charge in [-0.2, -0.15) is 5.26 Å². The highest BCUT2D eigenvalue weighted by Crippen LogP contribution is 2.30. The van der Waals surface area contributed by atoms with Gasteiger partial charge >= 0.3 is 0 Å². The van der Waals surface area contributed by atoms with Gasteiger partial charge in [-0.1, -0.05) is 12.1 Å².